The molecule has 0 saturated heterocycles. The fourth-order valence-corrected chi connectivity index (χ4v) is 3.23. The van der Waals surface area contributed by atoms with Gasteiger partial charge in [-0.2, -0.15) is 0 Å². The van der Waals surface area contributed by atoms with Crippen LogP contribution in [0.1, 0.15) is 24.2 Å². The minimum absolute atomic E-state index is 0.0507. The number of ether oxygens (including phenoxy) is 1. The minimum atomic E-state index is -3.91. The lowest BCUT2D eigenvalue weighted by Gasteiger charge is -2.13. The van der Waals surface area contributed by atoms with Gasteiger partial charge in [0.05, 0.1) is 17.7 Å². The molecule has 2 aromatic carbocycles. The number of carbonyl (C=O) groups excluding carboxylic acids is 2. The summed E-state index contributed by atoms with van der Waals surface area (Å²) in [6.45, 7) is 2.71. The van der Waals surface area contributed by atoms with Crippen molar-refractivity contribution in [3.8, 4) is 5.75 Å². The number of sulfonamides is 1. The molecule has 8 heteroatoms. The number of Topliss-reactive ketones (excluding diaryl/α,β-unsaturated/α-hetero) is 1. The highest BCUT2D eigenvalue weighted by atomic mass is 32.2. The summed E-state index contributed by atoms with van der Waals surface area (Å²) < 4.78 is 32.7. The first-order valence-corrected chi connectivity index (χ1v) is 8.80. The zero-order valence-corrected chi connectivity index (χ0v) is 14.8. The second-order valence-electron chi connectivity index (χ2n) is 5.29. The molecule has 2 rings (SSSR count). The van der Waals surface area contributed by atoms with Crippen molar-refractivity contribution in [3.05, 3.63) is 48.0 Å². The summed E-state index contributed by atoms with van der Waals surface area (Å²) in [5.41, 5.74) is 0.911. The molecule has 2 N–H and O–H groups in total. The summed E-state index contributed by atoms with van der Waals surface area (Å²) >= 11 is 0. The number of rotatable bonds is 6. The SMILES string of the molecule is COc1ccc(S(=O)(=O)Nc2cccc(C(C)=O)c2)cc1NC(C)=O. The van der Waals surface area contributed by atoms with Crippen LogP contribution in [0.3, 0.4) is 0 Å². The van der Waals surface area contributed by atoms with Crippen LogP contribution in [0.4, 0.5) is 11.4 Å². The van der Waals surface area contributed by atoms with E-state index in [0.717, 1.165) is 0 Å². The molecule has 0 unspecified atom stereocenters. The maximum atomic E-state index is 12.6. The Kier molecular flexibility index (Phi) is 5.43. The number of carbonyl (C=O) groups is 2. The van der Waals surface area contributed by atoms with Crippen molar-refractivity contribution >= 4 is 33.1 Å². The van der Waals surface area contributed by atoms with Gasteiger partial charge < -0.3 is 10.1 Å². The van der Waals surface area contributed by atoms with Crippen LogP contribution < -0.4 is 14.8 Å². The number of nitrogens with one attached hydrogen (secondary N) is 2. The molecule has 0 aliphatic rings. The molecular formula is C17H18N2O5S. The Morgan fingerprint density at radius 2 is 1.76 bits per heavy atom. The first-order valence-electron chi connectivity index (χ1n) is 7.32. The van der Waals surface area contributed by atoms with Gasteiger partial charge in [-0.3, -0.25) is 14.3 Å². The average Bonchev–Trinajstić information content (AvgIpc) is 2.54. The van der Waals surface area contributed by atoms with Crippen LogP contribution in [-0.2, 0) is 14.8 Å². The molecule has 0 bridgehead atoms. The summed E-state index contributed by atoms with van der Waals surface area (Å²) in [5.74, 6) is -0.180. The second kappa shape index (κ2) is 7.35. The molecule has 0 aliphatic heterocycles. The van der Waals surface area contributed by atoms with E-state index in [4.69, 9.17) is 4.74 Å². The Morgan fingerprint density at radius 3 is 2.36 bits per heavy atom. The lowest BCUT2D eigenvalue weighted by atomic mass is 10.1. The molecule has 0 radical (unpaired) electrons. The van der Waals surface area contributed by atoms with E-state index in [1.165, 1.54) is 45.2 Å². The van der Waals surface area contributed by atoms with Gasteiger partial charge in [-0.1, -0.05) is 12.1 Å². The second-order valence-corrected chi connectivity index (χ2v) is 6.97. The Hall–Kier alpha value is -2.87. The molecule has 0 heterocycles. The highest BCUT2D eigenvalue weighted by molar-refractivity contribution is 7.92. The maximum Gasteiger partial charge on any atom is 0.261 e. The lowest BCUT2D eigenvalue weighted by molar-refractivity contribution is -0.114. The van der Waals surface area contributed by atoms with Gasteiger partial charge in [0.15, 0.2) is 5.78 Å². The standard InChI is InChI=1S/C17H18N2O5S/c1-11(20)13-5-4-6-14(9-13)19-25(22,23)15-7-8-17(24-3)16(10-15)18-12(2)21/h4-10,19H,1-3H3,(H,18,21). The number of hydrogen-bond donors (Lipinski definition) is 2. The van der Waals surface area contributed by atoms with Crippen molar-refractivity contribution in [1.29, 1.82) is 0 Å². The van der Waals surface area contributed by atoms with Crippen LogP contribution in [-0.4, -0.2) is 27.2 Å². The number of methoxy groups -OCH3 is 1. The third-order valence-corrected chi connectivity index (χ3v) is 4.69. The number of hydrogen-bond acceptors (Lipinski definition) is 5. The van der Waals surface area contributed by atoms with E-state index >= 15 is 0 Å². The predicted octanol–water partition coefficient (Wildman–Crippen LogP) is 2.66. The van der Waals surface area contributed by atoms with E-state index in [2.05, 4.69) is 10.0 Å². The van der Waals surface area contributed by atoms with E-state index in [1.54, 1.807) is 18.2 Å². The quantitative estimate of drug-likeness (QED) is 0.769. The Labute approximate surface area is 146 Å². The Bertz CT molecular complexity index is 922. The topological polar surface area (TPSA) is 102 Å². The summed E-state index contributed by atoms with van der Waals surface area (Å²) in [4.78, 5) is 22.6. The van der Waals surface area contributed by atoms with Gasteiger partial charge in [-0.25, -0.2) is 8.42 Å². The maximum absolute atomic E-state index is 12.6. The first kappa shape index (κ1) is 18.5. The number of benzene rings is 2. The molecule has 7 nitrogen and oxygen atoms in total. The van der Waals surface area contributed by atoms with Crippen LogP contribution in [0, 0.1) is 0 Å². The minimum Gasteiger partial charge on any atom is -0.495 e. The monoisotopic (exact) mass is 362 g/mol. The molecule has 0 aromatic heterocycles. The van der Waals surface area contributed by atoms with E-state index < -0.39 is 10.0 Å². The van der Waals surface area contributed by atoms with Gasteiger partial charge in [0.2, 0.25) is 5.91 Å². The van der Waals surface area contributed by atoms with Gasteiger partial charge in [-0.15, -0.1) is 0 Å². The molecule has 132 valence electrons. The smallest absolute Gasteiger partial charge is 0.261 e. The van der Waals surface area contributed by atoms with Crippen LogP contribution in [0.5, 0.6) is 5.75 Å². The summed E-state index contributed by atoms with van der Waals surface area (Å²) in [7, 11) is -2.49. The molecule has 0 fully saturated rings. The highest BCUT2D eigenvalue weighted by Crippen LogP contribution is 2.28. The highest BCUT2D eigenvalue weighted by Gasteiger charge is 2.17. The van der Waals surface area contributed by atoms with Gasteiger partial charge in [0.1, 0.15) is 5.75 Å². The van der Waals surface area contributed by atoms with Gasteiger partial charge in [0, 0.05) is 18.2 Å². The van der Waals surface area contributed by atoms with Crippen LogP contribution >= 0.6 is 0 Å². The molecule has 0 saturated carbocycles. The van der Waals surface area contributed by atoms with Crippen LogP contribution in [0.25, 0.3) is 0 Å². The van der Waals surface area contributed by atoms with Crippen LogP contribution in [0.15, 0.2) is 47.4 Å². The largest absolute Gasteiger partial charge is 0.495 e. The predicted molar refractivity (Wildman–Crippen MR) is 94.6 cm³/mol. The lowest BCUT2D eigenvalue weighted by Crippen LogP contribution is -2.14. The van der Waals surface area contributed by atoms with Gasteiger partial charge in [0.25, 0.3) is 10.0 Å². The van der Waals surface area contributed by atoms with E-state index in [-0.39, 0.29) is 28.0 Å². The van der Waals surface area contributed by atoms with Crippen LogP contribution in [0.2, 0.25) is 0 Å². The molecule has 25 heavy (non-hydrogen) atoms. The molecular weight excluding hydrogens is 344 g/mol. The van der Waals surface area contributed by atoms with Crippen molar-refractivity contribution in [1.82, 2.24) is 0 Å². The van der Waals surface area contributed by atoms with Gasteiger partial charge >= 0.3 is 0 Å². The summed E-state index contributed by atoms with van der Waals surface area (Å²) in [6.07, 6.45) is 0. The summed E-state index contributed by atoms with van der Waals surface area (Å²) in [6, 6.07) is 10.3. The zero-order chi connectivity index (χ0) is 18.6. The Balaban J connectivity index is 2.37. The molecule has 0 spiro atoms. The van der Waals surface area contributed by atoms with Crippen molar-refractivity contribution < 1.29 is 22.7 Å². The van der Waals surface area contributed by atoms with Crippen molar-refractivity contribution in [2.75, 3.05) is 17.1 Å². The normalized spacial score (nSPS) is 10.8. The molecule has 2 aromatic rings. The molecule has 1 amide bonds. The van der Waals surface area contributed by atoms with E-state index in [0.29, 0.717) is 11.3 Å². The van der Waals surface area contributed by atoms with Crippen molar-refractivity contribution in [3.63, 3.8) is 0 Å². The number of anilines is 2. The average molecular weight is 362 g/mol. The van der Waals surface area contributed by atoms with Gasteiger partial charge in [-0.05, 0) is 37.3 Å². The third kappa shape index (κ3) is 4.57. The number of ketones is 1. The molecule has 0 atom stereocenters. The molecule has 0 aliphatic carbocycles. The fraction of sp³-hybridized carbons (Fsp3) is 0.176. The summed E-state index contributed by atoms with van der Waals surface area (Å²) in [5, 5.41) is 2.52. The fourth-order valence-electron chi connectivity index (χ4n) is 2.16. The van der Waals surface area contributed by atoms with E-state index in [1.807, 2.05) is 0 Å². The Morgan fingerprint density at radius 1 is 1.04 bits per heavy atom. The zero-order valence-electron chi connectivity index (χ0n) is 14.0. The van der Waals surface area contributed by atoms with E-state index in [9.17, 15) is 18.0 Å². The van der Waals surface area contributed by atoms with Crippen molar-refractivity contribution in [2.24, 2.45) is 0 Å². The number of amides is 1. The first-order chi connectivity index (χ1) is 11.7. The van der Waals surface area contributed by atoms with Crippen molar-refractivity contribution in [2.45, 2.75) is 18.7 Å². The third-order valence-electron chi connectivity index (χ3n) is 3.31.